The highest BCUT2D eigenvalue weighted by atomic mass is 16.5. The third-order valence-corrected chi connectivity index (χ3v) is 2.58. The van der Waals surface area contributed by atoms with Crippen molar-refractivity contribution in [2.24, 2.45) is 0 Å². The van der Waals surface area contributed by atoms with Gasteiger partial charge in [0, 0.05) is 25.7 Å². The van der Waals surface area contributed by atoms with Crippen LogP contribution in [0.4, 0.5) is 11.6 Å². The maximum atomic E-state index is 5.51. The number of nitrogens with one attached hydrogen (secondary N) is 1. The SMILES string of the molecule is CCNc1cc(N2CCOC(C)C2)ncn1. The van der Waals surface area contributed by atoms with Crippen molar-refractivity contribution in [2.75, 3.05) is 36.5 Å². The van der Waals surface area contributed by atoms with E-state index >= 15 is 0 Å². The van der Waals surface area contributed by atoms with Crippen LogP contribution in [0.2, 0.25) is 0 Å². The molecule has 0 saturated carbocycles. The fourth-order valence-corrected chi connectivity index (χ4v) is 1.82. The molecule has 1 aliphatic rings. The molecule has 0 aliphatic carbocycles. The molecule has 1 unspecified atom stereocenters. The number of morpholine rings is 1. The summed E-state index contributed by atoms with van der Waals surface area (Å²) in [4.78, 5) is 10.7. The van der Waals surface area contributed by atoms with Gasteiger partial charge in [-0.15, -0.1) is 0 Å². The summed E-state index contributed by atoms with van der Waals surface area (Å²) >= 11 is 0. The van der Waals surface area contributed by atoms with E-state index in [2.05, 4.69) is 34.0 Å². The first-order chi connectivity index (χ1) is 7.79. The maximum Gasteiger partial charge on any atom is 0.134 e. The Bertz CT molecular complexity index is 345. The van der Waals surface area contributed by atoms with Gasteiger partial charge in [0.1, 0.15) is 18.0 Å². The van der Waals surface area contributed by atoms with Crippen LogP contribution >= 0.6 is 0 Å². The summed E-state index contributed by atoms with van der Waals surface area (Å²) in [5.41, 5.74) is 0. The Morgan fingerprint density at radius 3 is 3.19 bits per heavy atom. The third-order valence-electron chi connectivity index (χ3n) is 2.58. The molecule has 1 aromatic rings. The quantitative estimate of drug-likeness (QED) is 0.831. The van der Waals surface area contributed by atoms with E-state index in [0.717, 1.165) is 37.9 Å². The smallest absolute Gasteiger partial charge is 0.134 e. The average molecular weight is 222 g/mol. The van der Waals surface area contributed by atoms with Crippen LogP contribution in [0.25, 0.3) is 0 Å². The lowest BCUT2D eigenvalue weighted by Crippen LogP contribution is -2.41. The monoisotopic (exact) mass is 222 g/mol. The molecule has 5 nitrogen and oxygen atoms in total. The fourth-order valence-electron chi connectivity index (χ4n) is 1.82. The van der Waals surface area contributed by atoms with Crippen LogP contribution < -0.4 is 10.2 Å². The van der Waals surface area contributed by atoms with Crippen LogP contribution in [0.15, 0.2) is 12.4 Å². The summed E-state index contributed by atoms with van der Waals surface area (Å²) in [6.07, 6.45) is 1.87. The molecule has 0 spiro atoms. The molecular weight excluding hydrogens is 204 g/mol. The van der Waals surface area contributed by atoms with E-state index < -0.39 is 0 Å². The molecule has 0 bridgehead atoms. The van der Waals surface area contributed by atoms with Gasteiger partial charge in [0.05, 0.1) is 12.7 Å². The minimum absolute atomic E-state index is 0.270. The Labute approximate surface area is 95.8 Å². The lowest BCUT2D eigenvalue weighted by Gasteiger charge is -2.32. The van der Waals surface area contributed by atoms with Gasteiger partial charge in [-0.2, -0.15) is 0 Å². The molecule has 5 heteroatoms. The summed E-state index contributed by atoms with van der Waals surface area (Å²) in [6.45, 7) is 7.56. The molecule has 1 N–H and O–H groups in total. The summed E-state index contributed by atoms with van der Waals surface area (Å²) < 4.78 is 5.51. The molecule has 1 saturated heterocycles. The highest BCUT2D eigenvalue weighted by molar-refractivity contribution is 5.48. The average Bonchev–Trinajstić information content (AvgIpc) is 2.30. The Morgan fingerprint density at radius 2 is 2.44 bits per heavy atom. The van der Waals surface area contributed by atoms with Gasteiger partial charge in [0.25, 0.3) is 0 Å². The highest BCUT2D eigenvalue weighted by Gasteiger charge is 2.18. The van der Waals surface area contributed by atoms with E-state index in [9.17, 15) is 0 Å². The van der Waals surface area contributed by atoms with Gasteiger partial charge < -0.3 is 15.0 Å². The van der Waals surface area contributed by atoms with Crippen molar-refractivity contribution in [1.82, 2.24) is 9.97 Å². The summed E-state index contributed by atoms with van der Waals surface area (Å²) in [7, 11) is 0. The highest BCUT2D eigenvalue weighted by Crippen LogP contribution is 2.16. The third kappa shape index (κ3) is 2.61. The number of hydrogen-bond donors (Lipinski definition) is 1. The van der Waals surface area contributed by atoms with Crippen LogP contribution in [0, 0.1) is 0 Å². The number of rotatable bonds is 3. The van der Waals surface area contributed by atoms with Crippen LogP contribution in [-0.4, -0.2) is 42.3 Å². The number of ether oxygens (including phenoxy) is 1. The molecule has 1 atom stereocenters. The summed E-state index contributed by atoms with van der Waals surface area (Å²) in [5, 5.41) is 3.19. The van der Waals surface area contributed by atoms with Crippen LogP contribution in [0.1, 0.15) is 13.8 Å². The van der Waals surface area contributed by atoms with Gasteiger partial charge in [0.2, 0.25) is 0 Å². The van der Waals surface area contributed by atoms with Crippen molar-refractivity contribution in [1.29, 1.82) is 0 Å². The Morgan fingerprint density at radius 1 is 1.56 bits per heavy atom. The van der Waals surface area contributed by atoms with E-state index in [0.29, 0.717) is 0 Å². The minimum atomic E-state index is 0.270. The number of aromatic nitrogens is 2. The standard InChI is InChI=1S/C11H18N4O/c1-3-12-10-6-11(14-8-13-10)15-4-5-16-9(2)7-15/h6,8-9H,3-5,7H2,1-2H3,(H,12,13,14). The first-order valence-corrected chi connectivity index (χ1v) is 5.72. The van der Waals surface area contributed by atoms with Crippen molar-refractivity contribution in [2.45, 2.75) is 20.0 Å². The lowest BCUT2D eigenvalue weighted by molar-refractivity contribution is 0.0529. The van der Waals surface area contributed by atoms with E-state index in [1.54, 1.807) is 6.33 Å². The lowest BCUT2D eigenvalue weighted by atomic mass is 10.3. The molecule has 16 heavy (non-hydrogen) atoms. The molecule has 1 aromatic heterocycles. The molecule has 2 heterocycles. The first kappa shape index (κ1) is 11.1. The number of nitrogens with zero attached hydrogens (tertiary/aromatic N) is 3. The Kier molecular flexibility index (Phi) is 3.56. The van der Waals surface area contributed by atoms with Gasteiger partial charge in [-0.1, -0.05) is 0 Å². The molecule has 0 radical (unpaired) electrons. The van der Waals surface area contributed by atoms with E-state index in [-0.39, 0.29) is 6.10 Å². The van der Waals surface area contributed by atoms with Gasteiger partial charge in [-0.05, 0) is 13.8 Å². The van der Waals surface area contributed by atoms with E-state index in [1.807, 2.05) is 6.07 Å². The predicted octanol–water partition coefficient (Wildman–Crippen LogP) is 1.13. The van der Waals surface area contributed by atoms with Crippen molar-refractivity contribution in [3.63, 3.8) is 0 Å². The predicted molar refractivity (Wildman–Crippen MR) is 63.8 cm³/mol. The number of anilines is 2. The normalized spacial score (nSPS) is 20.9. The second-order valence-electron chi connectivity index (χ2n) is 3.92. The molecule has 0 amide bonds. The zero-order valence-electron chi connectivity index (χ0n) is 9.81. The topological polar surface area (TPSA) is 50.3 Å². The van der Waals surface area contributed by atoms with Crippen LogP contribution in [0.3, 0.4) is 0 Å². The zero-order valence-corrected chi connectivity index (χ0v) is 9.81. The Balaban J connectivity index is 2.09. The first-order valence-electron chi connectivity index (χ1n) is 5.72. The van der Waals surface area contributed by atoms with Gasteiger partial charge >= 0.3 is 0 Å². The maximum absolute atomic E-state index is 5.51. The molecule has 88 valence electrons. The molecule has 1 fully saturated rings. The molecular formula is C11H18N4O. The van der Waals surface area contributed by atoms with Crippen molar-refractivity contribution < 1.29 is 4.74 Å². The second-order valence-corrected chi connectivity index (χ2v) is 3.92. The minimum Gasteiger partial charge on any atom is -0.375 e. The van der Waals surface area contributed by atoms with Crippen molar-refractivity contribution in [3.8, 4) is 0 Å². The largest absolute Gasteiger partial charge is 0.375 e. The van der Waals surface area contributed by atoms with Gasteiger partial charge in [-0.25, -0.2) is 9.97 Å². The number of hydrogen-bond acceptors (Lipinski definition) is 5. The zero-order chi connectivity index (χ0) is 11.4. The summed E-state index contributed by atoms with van der Waals surface area (Å²) in [5.74, 6) is 1.85. The molecule has 2 rings (SSSR count). The molecule has 1 aliphatic heterocycles. The van der Waals surface area contributed by atoms with Gasteiger partial charge in [-0.3, -0.25) is 0 Å². The molecule has 0 aromatic carbocycles. The van der Waals surface area contributed by atoms with Crippen LogP contribution in [-0.2, 0) is 4.74 Å². The summed E-state index contributed by atoms with van der Waals surface area (Å²) in [6, 6.07) is 1.99. The fraction of sp³-hybridized carbons (Fsp3) is 0.636. The Hall–Kier alpha value is -1.36. The van der Waals surface area contributed by atoms with Crippen molar-refractivity contribution in [3.05, 3.63) is 12.4 Å². The van der Waals surface area contributed by atoms with Gasteiger partial charge in [0.15, 0.2) is 0 Å². The van der Waals surface area contributed by atoms with Crippen molar-refractivity contribution >= 4 is 11.6 Å². The van der Waals surface area contributed by atoms with E-state index in [1.165, 1.54) is 0 Å². The second kappa shape index (κ2) is 5.12. The van der Waals surface area contributed by atoms with E-state index in [4.69, 9.17) is 4.74 Å². The van der Waals surface area contributed by atoms with Crippen LogP contribution in [0.5, 0.6) is 0 Å².